The molecule has 0 aromatic heterocycles. The van der Waals surface area contributed by atoms with Crippen molar-refractivity contribution in [3.05, 3.63) is 12.7 Å². The van der Waals surface area contributed by atoms with Crippen molar-refractivity contribution in [1.82, 2.24) is 0 Å². The summed E-state index contributed by atoms with van der Waals surface area (Å²) in [6.45, 7) is 5.08. The maximum Gasteiger partial charge on any atom is 0.330 e. The molecule has 0 spiro atoms. The van der Waals surface area contributed by atoms with Crippen LogP contribution in [0.3, 0.4) is 0 Å². The van der Waals surface area contributed by atoms with Gasteiger partial charge >= 0.3 is 5.97 Å². The molecular weight excluding hydrogens is 222 g/mol. The normalized spacial score (nSPS) is 10.9. The summed E-state index contributed by atoms with van der Waals surface area (Å²) in [5.74, 6) is -1.42. The first-order chi connectivity index (χ1) is 7.87. The summed E-state index contributed by atoms with van der Waals surface area (Å²) in [5.41, 5.74) is 0. The zero-order chi connectivity index (χ0) is 13.3. The van der Waals surface area contributed by atoms with Gasteiger partial charge < -0.3 is 19.1 Å². The van der Waals surface area contributed by atoms with Crippen molar-refractivity contribution in [1.29, 1.82) is 0 Å². The Kier molecular flexibility index (Phi) is 7.21. The van der Waals surface area contributed by atoms with E-state index in [9.17, 15) is 14.7 Å². The van der Waals surface area contributed by atoms with Crippen molar-refractivity contribution < 1.29 is 23.9 Å². The lowest BCUT2D eigenvalue weighted by molar-refractivity contribution is -0.890. The van der Waals surface area contributed by atoms with E-state index >= 15 is 0 Å². The fraction of sp³-hybridized carbons (Fsp3) is 0.667. The van der Waals surface area contributed by atoms with Crippen LogP contribution in [0.5, 0.6) is 0 Å². The second kappa shape index (κ2) is 7.84. The van der Waals surface area contributed by atoms with Gasteiger partial charge in [-0.05, 0) is 12.8 Å². The van der Waals surface area contributed by atoms with Gasteiger partial charge in [0.1, 0.15) is 0 Å². The van der Waals surface area contributed by atoms with E-state index in [-0.39, 0.29) is 6.42 Å². The number of rotatable bonds is 9. The second-order valence-corrected chi connectivity index (χ2v) is 4.58. The van der Waals surface area contributed by atoms with E-state index in [4.69, 9.17) is 4.74 Å². The fourth-order valence-electron chi connectivity index (χ4n) is 1.38. The summed E-state index contributed by atoms with van der Waals surface area (Å²) in [6.07, 6.45) is 2.86. The highest BCUT2D eigenvalue weighted by Crippen LogP contribution is 2.03. The van der Waals surface area contributed by atoms with E-state index in [1.807, 2.05) is 14.1 Å². The van der Waals surface area contributed by atoms with Crippen molar-refractivity contribution >= 4 is 11.9 Å². The molecular formula is C12H21NO4. The Bertz CT molecular complexity index is 274. The highest BCUT2D eigenvalue weighted by Gasteiger charge is 2.13. The zero-order valence-electron chi connectivity index (χ0n) is 10.6. The van der Waals surface area contributed by atoms with Gasteiger partial charge in [-0.25, -0.2) is 4.79 Å². The lowest BCUT2D eigenvalue weighted by atomic mass is 10.2. The number of carbonyl (C=O) groups is 2. The Morgan fingerprint density at radius 3 is 2.47 bits per heavy atom. The van der Waals surface area contributed by atoms with Crippen LogP contribution >= 0.6 is 0 Å². The number of nitrogens with zero attached hydrogens (tertiary/aromatic N) is 1. The van der Waals surface area contributed by atoms with E-state index in [0.29, 0.717) is 17.6 Å². The number of carbonyl (C=O) groups excluding carboxylic acids is 2. The van der Waals surface area contributed by atoms with Crippen LogP contribution in [-0.2, 0) is 14.3 Å². The average Bonchev–Trinajstić information content (AvgIpc) is 2.25. The van der Waals surface area contributed by atoms with Crippen molar-refractivity contribution in [3.8, 4) is 0 Å². The molecule has 98 valence electrons. The number of hydrogen-bond donors (Lipinski definition) is 0. The standard InChI is InChI=1S/C12H21NO4/c1-4-12(16)17-10-6-5-8-13(2,3)9-7-11(14)15/h4H,1,5-10H2,2-3H3. The topological polar surface area (TPSA) is 66.4 Å². The van der Waals surface area contributed by atoms with Crippen LogP contribution in [-0.4, -0.2) is 50.2 Å². The Morgan fingerprint density at radius 2 is 1.94 bits per heavy atom. The zero-order valence-corrected chi connectivity index (χ0v) is 10.6. The molecule has 0 saturated heterocycles. The molecule has 0 heterocycles. The van der Waals surface area contributed by atoms with E-state index in [2.05, 4.69) is 6.58 Å². The maximum absolute atomic E-state index is 10.7. The van der Waals surface area contributed by atoms with Gasteiger partial charge in [-0.3, -0.25) is 0 Å². The molecule has 0 amide bonds. The highest BCUT2D eigenvalue weighted by atomic mass is 16.5. The molecule has 0 fully saturated rings. The van der Waals surface area contributed by atoms with Gasteiger partial charge in [-0.15, -0.1) is 0 Å². The van der Waals surface area contributed by atoms with Crippen LogP contribution in [0.1, 0.15) is 19.3 Å². The molecule has 5 heteroatoms. The number of quaternary nitrogens is 1. The van der Waals surface area contributed by atoms with Gasteiger partial charge in [-0.2, -0.15) is 0 Å². The van der Waals surface area contributed by atoms with Gasteiger partial charge in [0, 0.05) is 18.5 Å². The first-order valence-corrected chi connectivity index (χ1v) is 5.68. The Morgan fingerprint density at radius 1 is 1.29 bits per heavy atom. The van der Waals surface area contributed by atoms with Crippen LogP contribution in [0.15, 0.2) is 12.7 Å². The van der Waals surface area contributed by atoms with Gasteiger partial charge in [0.2, 0.25) is 0 Å². The van der Waals surface area contributed by atoms with E-state index < -0.39 is 11.9 Å². The third-order valence-corrected chi connectivity index (χ3v) is 2.49. The van der Waals surface area contributed by atoms with E-state index in [0.717, 1.165) is 25.5 Å². The van der Waals surface area contributed by atoms with Crippen LogP contribution < -0.4 is 5.11 Å². The fourth-order valence-corrected chi connectivity index (χ4v) is 1.38. The predicted octanol–water partition coefficient (Wildman–Crippen LogP) is -0.288. The summed E-state index contributed by atoms with van der Waals surface area (Å²) in [6, 6.07) is 0. The number of aliphatic carboxylic acids is 1. The van der Waals surface area contributed by atoms with Crippen LogP contribution in [0.2, 0.25) is 0 Å². The summed E-state index contributed by atoms with van der Waals surface area (Å²) in [5, 5.41) is 10.3. The van der Waals surface area contributed by atoms with Crippen molar-refractivity contribution in [2.75, 3.05) is 33.8 Å². The molecule has 0 atom stereocenters. The SMILES string of the molecule is C=CC(=O)OCCCC[N+](C)(C)CCC(=O)[O-]. The van der Waals surface area contributed by atoms with Crippen molar-refractivity contribution in [2.45, 2.75) is 19.3 Å². The first-order valence-electron chi connectivity index (χ1n) is 5.68. The third kappa shape index (κ3) is 9.56. The number of carboxylic acid groups (broad SMARTS) is 1. The highest BCUT2D eigenvalue weighted by molar-refractivity contribution is 5.81. The molecule has 0 aliphatic heterocycles. The molecule has 0 saturated carbocycles. The molecule has 0 aromatic rings. The molecule has 0 radical (unpaired) electrons. The molecule has 0 aliphatic carbocycles. The molecule has 0 bridgehead atoms. The first kappa shape index (κ1) is 15.6. The lowest BCUT2D eigenvalue weighted by Crippen LogP contribution is -2.43. The largest absolute Gasteiger partial charge is 0.550 e. The number of ether oxygens (including phenoxy) is 1. The summed E-state index contributed by atoms with van der Waals surface area (Å²) in [7, 11) is 3.94. The molecule has 0 N–H and O–H groups in total. The number of carboxylic acids is 1. The van der Waals surface area contributed by atoms with Crippen molar-refractivity contribution in [3.63, 3.8) is 0 Å². The summed E-state index contributed by atoms with van der Waals surface area (Å²) >= 11 is 0. The quantitative estimate of drug-likeness (QED) is 0.242. The molecule has 0 aliphatic rings. The van der Waals surface area contributed by atoms with Crippen LogP contribution in [0.25, 0.3) is 0 Å². The molecule has 0 unspecified atom stereocenters. The van der Waals surface area contributed by atoms with E-state index in [1.54, 1.807) is 0 Å². The number of esters is 1. The minimum absolute atomic E-state index is 0.0679. The minimum Gasteiger partial charge on any atom is -0.550 e. The van der Waals surface area contributed by atoms with Crippen molar-refractivity contribution in [2.24, 2.45) is 0 Å². The molecule has 0 aromatic carbocycles. The Hall–Kier alpha value is -1.36. The average molecular weight is 243 g/mol. The lowest BCUT2D eigenvalue weighted by Gasteiger charge is -2.30. The van der Waals surface area contributed by atoms with Crippen LogP contribution in [0, 0.1) is 0 Å². The van der Waals surface area contributed by atoms with Gasteiger partial charge in [-0.1, -0.05) is 6.58 Å². The molecule has 5 nitrogen and oxygen atoms in total. The summed E-state index contributed by atoms with van der Waals surface area (Å²) in [4.78, 5) is 21.1. The van der Waals surface area contributed by atoms with Gasteiger partial charge in [0.05, 0.1) is 33.8 Å². The number of hydrogen-bond acceptors (Lipinski definition) is 4. The maximum atomic E-state index is 10.7. The Labute approximate surface area is 102 Å². The molecule has 0 rings (SSSR count). The second-order valence-electron chi connectivity index (χ2n) is 4.58. The number of unbranched alkanes of at least 4 members (excludes halogenated alkanes) is 1. The smallest absolute Gasteiger partial charge is 0.330 e. The predicted molar refractivity (Wildman–Crippen MR) is 61.9 cm³/mol. The third-order valence-electron chi connectivity index (χ3n) is 2.49. The van der Waals surface area contributed by atoms with Gasteiger partial charge in [0.25, 0.3) is 0 Å². The molecule has 17 heavy (non-hydrogen) atoms. The van der Waals surface area contributed by atoms with E-state index in [1.165, 1.54) is 0 Å². The van der Waals surface area contributed by atoms with Gasteiger partial charge in [0.15, 0.2) is 0 Å². The monoisotopic (exact) mass is 243 g/mol. The minimum atomic E-state index is -1.02. The summed E-state index contributed by atoms with van der Waals surface area (Å²) < 4.78 is 5.46. The Balaban J connectivity index is 3.61. The van der Waals surface area contributed by atoms with Crippen LogP contribution in [0.4, 0.5) is 0 Å².